The zero-order valence-corrected chi connectivity index (χ0v) is 17.3. The van der Waals surface area contributed by atoms with E-state index in [1.54, 1.807) is 12.4 Å². The molecule has 1 saturated heterocycles. The minimum absolute atomic E-state index is 0.0917. The number of piperazine rings is 1. The van der Waals surface area contributed by atoms with Gasteiger partial charge in [-0.2, -0.15) is 0 Å². The Morgan fingerprint density at radius 1 is 0.903 bits per heavy atom. The monoisotopic (exact) mass is 415 g/mol. The molecule has 2 aromatic carbocycles. The van der Waals surface area contributed by atoms with Crippen LogP contribution in [0, 0.1) is 0 Å². The molecule has 1 fully saturated rings. The third-order valence-electron chi connectivity index (χ3n) is 5.85. The van der Waals surface area contributed by atoms with E-state index in [1.807, 2.05) is 53.4 Å². The lowest BCUT2D eigenvalue weighted by atomic mass is 10.0. The van der Waals surface area contributed by atoms with Crippen LogP contribution in [-0.2, 0) is 4.79 Å². The zero-order valence-electron chi connectivity index (χ0n) is 17.3. The quantitative estimate of drug-likeness (QED) is 0.653. The van der Waals surface area contributed by atoms with Crippen molar-refractivity contribution in [2.24, 2.45) is 0 Å². The van der Waals surface area contributed by atoms with Gasteiger partial charge in [0.25, 0.3) is 0 Å². The summed E-state index contributed by atoms with van der Waals surface area (Å²) >= 11 is 0. The summed E-state index contributed by atoms with van der Waals surface area (Å²) in [5, 5.41) is 0. The molecule has 3 aromatic rings. The molecule has 1 aromatic heterocycles. The highest BCUT2D eigenvalue weighted by atomic mass is 16.5. The van der Waals surface area contributed by atoms with Crippen molar-refractivity contribution in [3.8, 4) is 5.75 Å². The zero-order chi connectivity index (χ0) is 21.0. The van der Waals surface area contributed by atoms with E-state index in [-0.39, 0.29) is 11.9 Å². The Morgan fingerprint density at radius 3 is 2.39 bits per heavy atom. The second-order valence-corrected chi connectivity index (χ2v) is 7.78. The van der Waals surface area contributed by atoms with Crippen LogP contribution >= 0.6 is 0 Å². The van der Waals surface area contributed by atoms with Gasteiger partial charge >= 0.3 is 0 Å². The number of hydrogen-bond acceptors (Lipinski definition) is 6. The highest BCUT2D eigenvalue weighted by molar-refractivity contribution is 5.97. The number of fused-ring (bicyclic) bond motifs is 1. The second-order valence-electron chi connectivity index (χ2n) is 7.78. The Kier molecular flexibility index (Phi) is 5.50. The smallest absolute Gasteiger partial charge is 0.241 e. The molecule has 158 valence electrons. The van der Waals surface area contributed by atoms with Crippen LogP contribution in [0.15, 0.2) is 73.1 Å². The topological polar surface area (TPSA) is 61.8 Å². The lowest BCUT2D eigenvalue weighted by molar-refractivity contribution is -0.120. The minimum Gasteiger partial charge on any atom is -0.489 e. The highest BCUT2D eigenvalue weighted by Crippen LogP contribution is 2.39. The molecule has 0 spiro atoms. The average molecular weight is 415 g/mol. The maximum absolute atomic E-state index is 13.6. The number of nitrogens with zero attached hydrogens (tertiary/aromatic N) is 5. The average Bonchev–Trinajstić information content (AvgIpc) is 2.85. The number of ether oxygens (including phenoxy) is 1. The van der Waals surface area contributed by atoms with E-state index in [9.17, 15) is 4.79 Å². The van der Waals surface area contributed by atoms with Gasteiger partial charge in [-0.3, -0.25) is 14.6 Å². The van der Waals surface area contributed by atoms with Gasteiger partial charge in [0.05, 0.1) is 18.3 Å². The molecular formula is C24H25N5O2. The summed E-state index contributed by atoms with van der Waals surface area (Å²) in [4.78, 5) is 28.5. The molecule has 0 saturated carbocycles. The van der Waals surface area contributed by atoms with E-state index >= 15 is 0 Å². The fourth-order valence-electron chi connectivity index (χ4n) is 4.25. The van der Waals surface area contributed by atoms with Crippen molar-refractivity contribution in [2.45, 2.75) is 6.04 Å². The first-order valence-corrected chi connectivity index (χ1v) is 10.6. The van der Waals surface area contributed by atoms with E-state index in [0.717, 1.165) is 49.1 Å². The van der Waals surface area contributed by atoms with Crippen molar-refractivity contribution < 1.29 is 9.53 Å². The molecule has 0 aliphatic carbocycles. The minimum atomic E-state index is -0.136. The fourth-order valence-corrected chi connectivity index (χ4v) is 4.25. The normalized spacial score (nSPS) is 18.9. The third-order valence-corrected chi connectivity index (χ3v) is 5.85. The van der Waals surface area contributed by atoms with Gasteiger partial charge in [-0.1, -0.05) is 42.5 Å². The maximum Gasteiger partial charge on any atom is 0.241 e. The number of amides is 1. The van der Waals surface area contributed by atoms with Crippen molar-refractivity contribution in [2.75, 3.05) is 49.1 Å². The Labute approximate surface area is 181 Å². The van der Waals surface area contributed by atoms with Crippen LogP contribution < -0.4 is 14.5 Å². The summed E-state index contributed by atoms with van der Waals surface area (Å²) in [5.74, 6) is 1.60. The summed E-state index contributed by atoms with van der Waals surface area (Å²) in [7, 11) is 0. The van der Waals surface area contributed by atoms with Crippen LogP contribution in [0.4, 0.5) is 11.6 Å². The van der Waals surface area contributed by atoms with Gasteiger partial charge in [0.1, 0.15) is 12.4 Å². The molecule has 0 unspecified atom stereocenters. The molecule has 31 heavy (non-hydrogen) atoms. The number of para-hydroxylation sites is 2. The van der Waals surface area contributed by atoms with Crippen LogP contribution in [0.5, 0.6) is 5.75 Å². The van der Waals surface area contributed by atoms with Crippen LogP contribution in [0.1, 0.15) is 11.6 Å². The highest BCUT2D eigenvalue weighted by Gasteiger charge is 2.34. The standard InChI is InChI=1S/C24H25N5O2/c30-23(17-27-13-15-28(16-14-27)24-25-11-6-12-26-24)29-20-9-4-5-10-22(20)31-18-21(29)19-7-2-1-3-8-19/h1-12,21H,13-18H2/t21-/m0/s1. The van der Waals surface area contributed by atoms with Gasteiger partial charge in [0.2, 0.25) is 11.9 Å². The van der Waals surface area contributed by atoms with Gasteiger partial charge in [-0.05, 0) is 23.8 Å². The molecule has 0 radical (unpaired) electrons. The Balaban J connectivity index is 1.32. The predicted molar refractivity (Wildman–Crippen MR) is 119 cm³/mol. The van der Waals surface area contributed by atoms with Crippen LogP contribution in [0.25, 0.3) is 0 Å². The van der Waals surface area contributed by atoms with Crippen LogP contribution in [0.2, 0.25) is 0 Å². The Bertz CT molecular complexity index is 1020. The summed E-state index contributed by atoms with van der Waals surface area (Å²) in [6.07, 6.45) is 3.52. The molecule has 2 aliphatic rings. The molecule has 2 aliphatic heterocycles. The lowest BCUT2D eigenvalue weighted by Crippen LogP contribution is -2.52. The van der Waals surface area contributed by atoms with Crippen molar-refractivity contribution >= 4 is 17.5 Å². The van der Waals surface area contributed by atoms with E-state index < -0.39 is 0 Å². The number of aromatic nitrogens is 2. The van der Waals surface area contributed by atoms with Crippen molar-refractivity contribution in [3.63, 3.8) is 0 Å². The molecule has 1 atom stereocenters. The van der Waals surface area contributed by atoms with Gasteiger partial charge in [-0.25, -0.2) is 9.97 Å². The van der Waals surface area contributed by atoms with E-state index in [0.29, 0.717) is 13.2 Å². The van der Waals surface area contributed by atoms with Crippen molar-refractivity contribution in [1.29, 1.82) is 0 Å². The molecule has 0 bridgehead atoms. The molecule has 7 nitrogen and oxygen atoms in total. The second kappa shape index (κ2) is 8.73. The van der Waals surface area contributed by atoms with Crippen LogP contribution in [-0.4, -0.2) is 60.1 Å². The molecule has 0 N–H and O–H groups in total. The van der Waals surface area contributed by atoms with Crippen molar-refractivity contribution in [3.05, 3.63) is 78.6 Å². The molecule has 5 rings (SSSR count). The van der Waals surface area contributed by atoms with Gasteiger partial charge in [0.15, 0.2) is 0 Å². The summed E-state index contributed by atoms with van der Waals surface area (Å²) in [6, 6.07) is 19.6. The number of benzene rings is 2. The first-order valence-electron chi connectivity index (χ1n) is 10.6. The summed E-state index contributed by atoms with van der Waals surface area (Å²) in [5.41, 5.74) is 1.92. The van der Waals surface area contributed by atoms with Gasteiger partial charge in [-0.15, -0.1) is 0 Å². The first kappa shape index (κ1) is 19.5. The van der Waals surface area contributed by atoms with Gasteiger partial charge in [0, 0.05) is 38.6 Å². The third kappa shape index (κ3) is 4.09. The summed E-state index contributed by atoms with van der Waals surface area (Å²) in [6.45, 7) is 4.03. The summed E-state index contributed by atoms with van der Waals surface area (Å²) < 4.78 is 6.00. The van der Waals surface area contributed by atoms with E-state index in [2.05, 4.69) is 31.9 Å². The Hall–Kier alpha value is -3.45. The van der Waals surface area contributed by atoms with Gasteiger partial charge < -0.3 is 9.64 Å². The van der Waals surface area contributed by atoms with Crippen molar-refractivity contribution in [1.82, 2.24) is 14.9 Å². The molecular weight excluding hydrogens is 390 g/mol. The fraction of sp³-hybridized carbons (Fsp3) is 0.292. The Morgan fingerprint density at radius 2 is 1.61 bits per heavy atom. The number of carbonyl (C=O) groups excluding carboxylic acids is 1. The number of carbonyl (C=O) groups is 1. The van der Waals surface area contributed by atoms with E-state index in [4.69, 9.17) is 4.74 Å². The molecule has 1 amide bonds. The maximum atomic E-state index is 13.6. The predicted octanol–water partition coefficient (Wildman–Crippen LogP) is 2.77. The largest absolute Gasteiger partial charge is 0.489 e. The number of hydrogen-bond donors (Lipinski definition) is 0. The number of rotatable bonds is 4. The lowest BCUT2D eigenvalue weighted by Gasteiger charge is -2.39. The number of anilines is 2. The molecule has 3 heterocycles. The van der Waals surface area contributed by atoms with Crippen LogP contribution in [0.3, 0.4) is 0 Å². The molecule has 7 heteroatoms. The SMILES string of the molecule is O=C(CN1CCN(c2ncccn2)CC1)N1c2ccccc2OC[C@H]1c1ccccc1. The van der Waals surface area contributed by atoms with E-state index in [1.165, 1.54) is 0 Å². The first-order chi connectivity index (χ1) is 15.3.